The van der Waals surface area contributed by atoms with Crippen LogP contribution < -0.4 is 15.8 Å². The molecule has 0 aliphatic carbocycles. The van der Waals surface area contributed by atoms with Crippen LogP contribution in [0.1, 0.15) is 0 Å². The molecule has 0 saturated heterocycles. The second-order valence-corrected chi connectivity index (χ2v) is 17.2. The fraction of sp³-hybridized carbons (Fsp3) is 0. The standard InChI is InChI=1S/C62H40N4O2/c67-61-50-22-8-13-27-56(50)65(57-28-14-9-23-51(57)61)47-37-42(38-48(39-47)66-58-29-15-10-24-52(58)62(68)53-25-11-16-30-59(53)66)41-31-33-45(34-32-41)64-55-26-12-7-21-49(55)54-40-46(35-36-60(54)64)63(43-17-3-1-4-18-43)44-19-5-2-6-20-44/h1-40H. The van der Waals surface area contributed by atoms with Gasteiger partial charge in [-0.25, -0.2) is 0 Å². The number of pyridine rings is 2. The molecule has 0 radical (unpaired) electrons. The molecule has 3 heterocycles. The monoisotopic (exact) mass is 872 g/mol. The van der Waals surface area contributed by atoms with Crippen molar-refractivity contribution in [1.82, 2.24) is 13.7 Å². The molecule has 0 atom stereocenters. The number of aromatic nitrogens is 3. The number of hydrogen-bond acceptors (Lipinski definition) is 3. The molecular weight excluding hydrogens is 833 g/mol. The third-order valence-corrected chi connectivity index (χ3v) is 13.4. The third kappa shape index (κ3) is 6.19. The summed E-state index contributed by atoms with van der Waals surface area (Å²) >= 11 is 0. The van der Waals surface area contributed by atoms with E-state index in [-0.39, 0.29) is 10.9 Å². The molecule has 0 spiro atoms. The number of fused-ring (bicyclic) bond motifs is 7. The molecule has 320 valence electrons. The number of hydrogen-bond donors (Lipinski definition) is 0. The van der Waals surface area contributed by atoms with E-state index in [0.29, 0.717) is 21.5 Å². The summed E-state index contributed by atoms with van der Waals surface area (Å²) in [5.74, 6) is 0. The molecule has 13 rings (SSSR count). The lowest BCUT2D eigenvalue weighted by Crippen LogP contribution is -2.12. The Kier molecular flexibility index (Phi) is 9.05. The molecule has 10 aromatic carbocycles. The molecule has 13 aromatic rings. The summed E-state index contributed by atoms with van der Waals surface area (Å²) in [5.41, 5.74) is 13.6. The first-order chi connectivity index (χ1) is 33.6. The number of nitrogens with zero attached hydrogens (tertiary/aromatic N) is 4. The predicted octanol–water partition coefficient (Wildman–Crippen LogP) is 14.8. The van der Waals surface area contributed by atoms with Crippen LogP contribution >= 0.6 is 0 Å². The highest BCUT2D eigenvalue weighted by molar-refractivity contribution is 6.11. The molecular formula is C62H40N4O2. The maximum atomic E-state index is 14.0. The van der Waals surface area contributed by atoms with E-state index in [1.54, 1.807) is 0 Å². The molecule has 0 unspecified atom stereocenters. The van der Waals surface area contributed by atoms with Crippen LogP contribution in [0.2, 0.25) is 0 Å². The molecule has 0 amide bonds. The molecule has 6 heteroatoms. The summed E-state index contributed by atoms with van der Waals surface area (Å²) in [6.07, 6.45) is 0. The molecule has 0 fully saturated rings. The Hall–Kier alpha value is -9.26. The van der Waals surface area contributed by atoms with Crippen molar-refractivity contribution < 1.29 is 0 Å². The third-order valence-electron chi connectivity index (χ3n) is 13.4. The Morgan fingerprint density at radius 1 is 0.250 bits per heavy atom. The first-order valence-electron chi connectivity index (χ1n) is 22.8. The van der Waals surface area contributed by atoms with E-state index in [1.807, 2.05) is 97.1 Å². The Morgan fingerprint density at radius 2 is 0.618 bits per heavy atom. The van der Waals surface area contributed by atoms with Crippen molar-refractivity contribution in [1.29, 1.82) is 0 Å². The quantitative estimate of drug-likeness (QED) is 0.150. The lowest BCUT2D eigenvalue weighted by molar-refractivity contribution is 1.12. The minimum absolute atomic E-state index is 0.00260. The van der Waals surface area contributed by atoms with Gasteiger partial charge in [-0.15, -0.1) is 0 Å². The highest BCUT2D eigenvalue weighted by atomic mass is 16.1. The van der Waals surface area contributed by atoms with E-state index < -0.39 is 0 Å². The maximum absolute atomic E-state index is 14.0. The summed E-state index contributed by atoms with van der Waals surface area (Å²) in [5, 5.41) is 4.92. The highest BCUT2D eigenvalue weighted by Gasteiger charge is 2.20. The van der Waals surface area contributed by atoms with Crippen LogP contribution in [0.4, 0.5) is 17.1 Å². The number of rotatable bonds is 7. The first kappa shape index (κ1) is 39.1. The van der Waals surface area contributed by atoms with Crippen LogP contribution in [0.15, 0.2) is 252 Å². The van der Waals surface area contributed by atoms with Crippen molar-refractivity contribution in [3.05, 3.63) is 263 Å². The predicted molar refractivity (Wildman–Crippen MR) is 282 cm³/mol. The van der Waals surface area contributed by atoms with Crippen LogP contribution in [0, 0.1) is 0 Å². The summed E-state index contributed by atoms with van der Waals surface area (Å²) in [7, 11) is 0. The summed E-state index contributed by atoms with van der Waals surface area (Å²) in [4.78, 5) is 30.3. The fourth-order valence-electron chi connectivity index (χ4n) is 10.4. The molecule has 0 N–H and O–H groups in total. The van der Waals surface area contributed by atoms with Gasteiger partial charge in [0.15, 0.2) is 10.9 Å². The van der Waals surface area contributed by atoms with Gasteiger partial charge in [0.05, 0.1) is 33.1 Å². The minimum atomic E-state index is 0.00260. The zero-order chi connectivity index (χ0) is 45.3. The Balaban J connectivity index is 1.01. The summed E-state index contributed by atoms with van der Waals surface area (Å²) < 4.78 is 6.75. The lowest BCUT2D eigenvalue weighted by Gasteiger charge is -2.25. The van der Waals surface area contributed by atoms with Crippen molar-refractivity contribution >= 4 is 82.5 Å². The van der Waals surface area contributed by atoms with Crippen molar-refractivity contribution in [2.75, 3.05) is 4.90 Å². The minimum Gasteiger partial charge on any atom is -0.310 e. The Morgan fingerprint density at radius 3 is 1.07 bits per heavy atom. The van der Waals surface area contributed by atoms with Gasteiger partial charge in [0.1, 0.15) is 0 Å². The molecule has 3 aromatic heterocycles. The maximum Gasteiger partial charge on any atom is 0.197 e. The molecule has 0 aliphatic heterocycles. The van der Waals surface area contributed by atoms with Gasteiger partial charge in [0.2, 0.25) is 0 Å². The van der Waals surface area contributed by atoms with E-state index >= 15 is 0 Å². The van der Waals surface area contributed by atoms with Crippen LogP contribution in [-0.2, 0) is 0 Å². The summed E-state index contributed by atoms with van der Waals surface area (Å²) in [6, 6.07) is 83.1. The molecule has 68 heavy (non-hydrogen) atoms. The first-order valence-corrected chi connectivity index (χ1v) is 22.8. The van der Waals surface area contributed by atoms with Gasteiger partial charge in [-0.1, -0.05) is 115 Å². The zero-order valence-corrected chi connectivity index (χ0v) is 36.7. The van der Waals surface area contributed by atoms with Gasteiger partial charge in [-0.3, -0.25) is 9.59 Å². The number of benzene rings is 10. The van der Waals surface area contributed by atoms with Gasteiger partial charge >= 0.3 is 0 Å². The Bertz CT molecular complexity index is 3940. The van der Waals surface area contributed by atoms with Gasteiger partial charge < -0.3 is 18.6 Å². The van der Waals surface area contributed by atoms with Crippen molar-refractivity contribution in [2.24, 2.45) is 0 Å². The van der Waals surface area contributed by atoms with Crippen molar-refractivity contribution in [3.8, 4) is 28.2 Å². The van der Waals surface area contributed by atoms with Crippen molar-refractivity contribution in [2.45, 2.75) is 0 Å². The largest absolute Gasteiger partial charge is 0.310 e. The number of para-hydroxylation sites is 7. The highest BCUT2D eigenvalue weighted by Crippen LogP contribution is 2.40. The van der Waals surface area contributed by atoms with Crippen LogP contribution in [0.3, 0.4) is 0 Å². The van der Waals surface area contributed by atoms with Gasteiger partial charge in [0, 0.05) is 66.4 Å². The second kappa shape index (κ2) is 15.7. The van der Waals surface area contributed by atoms with E-state index in [9.17, 15) is 9.59 Å². The second-order valence-electron chi connectivity index (χ2n) is 17.2. The van der Waals surface area contributed by atoms with E-state index in [1.165, 1.54) is 5.39 Å². The van der Waals surface area contributed by atoms with Crippen LogP contribution in [-0.4, -0.2) is 13.7 Å². The lowest BCUT2D eigenvalue weighted by atomic mass is 10.0. The normalized spacial score (nSPS) is 11.6. The van der Waals surface area contributed by atoms with E-state index in [2.05, 4.69) is 164 Å². The molecule has 0 bridgehead atoms. The van der Waals surface area contributed by atoms with E-state index in [0.717, 1.165) is 83.7 Å². The SMILES string of the molecule is O=c1c2ccccc2n(-c2cc(-c3ccc(-n4c5ccccc5c5cc(N(c6ccccc6)c6ccccc6)ccc54)cc3)cc(-n3c4ccccc4c(=O)c4ccccc43)c2)c2ccccc12. The van der Waals surface area contributed by atoms with Gasteiger partial charge in [-0.2, -0.15) is 0 Å². The topological polar surface area (TPSA) is 52.2 Å². The van der Waals surface area contributed by atoms with Crippen LogP contribution in [0.25, 0.3) is 93.6 Å². The van der Waals surface area contributed by atoms with Crippen LogP contribution in [0.5, 0.6) is 0 Å². The molecule has 6 nitrogen and oxygen atoms in total. The molecule has 0 aliphatic rings. The van der Waals surface area contributed by atoms with Gasteiger partial charge in [0.25, 0.3) is 0 Å². The average molecular weight is 873 g/mol. The summed E-state index contributed by atoms with van der Waals surface area (Å²) in [6.45, 7) is 0. The van der Waals surface area contributed by atoms with E-state index in [4.69, 9.17) is 0 Å². The average Bonchev–Trinajstić information content (AvgIpc) is 3.73. The smallest absolute Gasteiger partial charge is 0.197 e. The van der Waals surface area contributed by atoms with Crippen molar-refractivity contribution in [3.63, 3.8) is 0 Å². The Labute approximate surface area is 390 Å². The molecule has 0 saturated carbocycles. The zero-order valence-electron chi connectivity index (χ0n) is 36.7. The fourth-order valence-corrected chi connectivity index (χ4v) is 10.4. The van der Waals surface area contributed by atoms with Gasteiger partial charge in [-0.05, 0) is 139 Å². The number of anilines is 3.